The van der Waals surface area contributed by atoms with Crippen LogP contribution in [0.4, 0.5) is 4.79 Å². The molecule has 7 heteroatoms. The standard InChI is InChI=1S/C19H25N3O4/c1-4-13(2)17(18(23)20-11-16-10-14(3)22-26-16)21-19(24)25-12-15-8-6-5-7-9-15/h5-10,13,17H,4,11-12H2,1-3H3,(H,20,23)(H,21,24)/t13-,17-/m0/s1. The molecule has 0 fully saturated rings. The number of alkyl carbamates (subject to hydrolysis) is 1. The van der Waals surface area contributed by atoms with Crippen molar-refractivity contribution in [2.75, 3.05) is 0 Å². The Morgan fingerprint density at radius 1 is 1.27 bits per heavy atom. The zero-order valence-electron chi connectivity index (χ0n) is 15.3. The van der Waals surface area contributed by atoms with Crippen molar-refractivity contribution in [3.63, 3.8) is 0 Å². The van der Waals surface area contributed by atoms with E-state index in [1.807, 2.05) is 44.2 Å². The third-order valence-corrected chi connectivity index (χ3v) is 4.10. The van der Waals surface area contributed by atoms with Gasteiger partial charge in [0.25, 0.3) is 0 Å². The molecule has 7 nitrogen and oxygen atoms in total. The first-order chi connectivity index (χ1) is 12.5. The lowest BCUT2D eigenvalue weighted by Crippen LogP contribution is -2.50. The first-order valence-corrected chi connectivity index (χ1v) is 8.66. The molecule has 26 heavy (non-hydrogen) atoms. The number of nitrogens with zero attached hydrogens (tertiary/aromatic N) is 1. The minimum absolute atomic E-state index is 0.0456. The third kappa shape index (κ3) is 5.91. The maximum atomic E-state index is 12.5. The van der Waals surface area contributed by atoms with Crippen LogP contribution in [0.15, 0.2) is 40.9 Å². The van der Waals surface area contributed by atoms with E-state index in [0.29, 0.717) is 5.76 Å². The predicted octanol–water partition coefficient (Wildman–Crippen LogP) is 2.94. The Labute approximate surface area is 153 Å². The molecule has 0 bridgehead atoms. The molecule has 2 N–H and O–H groups in total. The quantitative estimate of drug-likeness (QED) is 0.756. The van der Waals surface area contributed by atoms with E-state index in [1.165, 1.54) is 0 Å². The molecular formula is C19H25N3O4. The van der Waals surface area contributed by atoms with E-state index < -0.39 is 12.1 Å². The second-order valence-corrected chi connectivity index (χ2v) is 6.22. The summed E-state index contributed by atoms with van der Waals surface area (Å²) in [6.07, 6.45) is 0.114. The molecular weight excluding hydrogens is 334 g/mol. The van der Waals surface area contributed by atoms with Gasteiger partial charge in [0.15, 0.2) is 5.76 Å². The minimum atomic E-state index is -0.688. The van der Waals surface area contributed by atoms with Gasteiger partial charge in [-0.1, -0.05) is 55.8 Å². The monoisotopic (exact) mass is 359 g/mol. The van der Waals surface area contributed by atoms with Gasteiger partial charge in [-0.3, -0.25) is 4.79 Å². The number of ether oxygens (including phenoxy) is 1. The summed E-state index contributed by atoms with van der Waals surface area (Å²) in [5.41, 5.74) is 1.63. The number of carbonyl (C=O) groups is 2. The van der Waals surface area contributed by atoms with E-state index in [2.05, 4.69) is 15.8 Å². The number of carbonyl (C=O) groups excluding carboxylic acids is 2. The second-order valence-electron chi connectivity index (χ2n) is 6.22. The Hall–Kier alpha value is -2.83. The highest BCUT2D eigenvalue weighted by Crippen LogP contribution is 2.10. The number of benzene rings is 1. The molecule has 2 aromatic rings. The van der Waals surface area contributed by atoms with Crippen LogP contribution in [-0.2, 0) is 22.7 Å². The molecule has 0 radical (unpaired) electrons. The fraction of sp³-hybridized carbons (Fsp3) is 0.421. The van der Waals surface area contributed by atoms with Crippen LogP contribution in [0.5, 0.6) is 0 Å². The topological polar surface area (TPSA) is 93.5 Å². The summed E-state index contributed by atoms with van der Waals surface area (Å²) < 4.78 is 10.3. The third-order valence-electron chi connectivity index (χ3n) is 4.10. The van der Waals surface area contributed by atoms with Gasteiger partial charge in [-0.15, -0.1) is 0 Å². The number of aromatic nitrogens is 1. The zero-order chi connectivity index (χ0) is 18.9. The Morgan fingerprint density at radius 3 is 2.62 bits per heavy atom. The maximum absolute atomic E-state index is 12.5. The summed E-state index contributed by atoms with van der Waals surface area (Å²) in [7, 11) is 0. The van der Waals surface area contributed by atoms with Crippen molar-refractivity contribution in [1.29, 1.82) is 0 Å². The van der Waals surface area contributed by atoms with Crippen LogP contribution in [-0.4, -0.2) is 23.2 Å². The van der Waals surface area contributed by atoms with E-state index in [9.17, 15) is 9.59 Å². The average Bonchev–Trinajstić information content (AvgIpc) is 3.08. The summed E-state index contributed by atoms with van der Waals surface area (Å²) in [6.45, 7) is 6.04. The van der Waals surface area contributed by atoms with Crippen molar-refractivity contribution in [1.82, 2.24) is 15.8 Å². The summed E-state index contributed by atoms with van der Waals surface area (Å²) >= 11 is 0. The maximum Gasteiger partial charge on any atom is 0.408 e. The number of rotatable bonds is 8. The van der Waals surface area contributed by atoms with Crippen molar-refractivity contribution in [3.8, 4) is 0 Å². The van der Waals surface area contributed by atoms with Crippen LogP contribution in [0, 0.1) is 12.8 Å². The van der Waals surface area contributed by atoms with Crippen molar-refractivity contribution < 1.29 is 18.8 Å². The molecule has 1 aromatic carbocycles. The molecule has 2 rings (SSSR count). The number of amides is 2. The van der Waals surface area contributed by atoms with Crippen LogP contribution in [0.1, 0.15) is 37.3 Å². The van der Waals surface area contributed by atoms with Gasteiger partial charge in [0.2, 0.25) is 5.91 Å². The summed E-state index contributed by atoms with van der Waals surface area (Å²) in [4.78, 5) is 24.6. The van der Waals surface area contributed by atoms with Gasteiger partial charge < -0.3 is 19.9 Å². The van der Waals surface area contributed by atoms with Gasteiger partial charge in [-0.05, 0) is 18.4 Å². The van der Waals surface area contributed by atoms with Gasteiger partial charge in [-0.2, -0.15) is 0 Å². The lowest BCUT2D eigenvalue weighted by atomic mass is 9.98. The van der Waals surface area contributed by atoms with E-state index in [1.54, 1.807) is 13.0 Å². The van der Waals surface area contributed by atoms with E-state index in [-0.39, 0.29) is 25.0 Å². The van der Waals surface area contributed by atoms with Gasteiger partial charge in [-0.25, -0.2) is 4.79 Å². The van der Waals surface area contributed by atoms with Gasteiger partial charge in [0.1, 0.15) is 12.6 Å². The van der Waals surface area contributed by atoms with Crippen molar-refractivity contribution in [2.45, 2.75) is 46.4 Å². The molecule has 0 saturated carbocycles. The molecule has 2 atom stereocenters. The van der Waals surface area contributed by atoms with Crippen molar-refractivity contribution >= 4 is 12.0 Å². The highest BCUT2D eigenvalue weighted by molar-refractivity contribution is 5.85. The normalized spacial score (nSPS) is 12.9. The number of aryl methyl sites for hydroxylation is 1. The molecule has 2 amide bonds. The highest BCUT2D eigenvalue weighted by atomic mass is 16.5. The fourth-order valence-corrected chi connectivity index (χ4v) is 2.38. The molecule has 0 aliphatic carbocycles. The Balaban J connectivity index is 1.88. The lowest BCUT2D eigenvalue weighted by Gasteiger charge is -2.23. The van der Waals surface area contributed by atoms with Crippen molar-refractivity contribution in [3.05, 3.63) is 53.4 Å². The second kappa shape index (κ2) is 9.60. The molecule has 140 valence electrons. The Kier molecular flexibility index (Phi) is 7.20. The lowest BCUT2D eigenvalue weighted by molar-refractivity contribution is -0.124. The average molecular weight is 359 g/mol. The first kappa shape index (κ1) is 19.5. The minimum Gasteiger partial charge on any atom is -0.445 e. The molecule has 0 aliphatic rings. The number of hydrogen-bond acceptors (Lipinski definition) is 5. The summed E-state index contributed by atoms with van der Waals surface area (Å²) in [5.74, 6) is 0.228. The molecule has 0 saturated heterocycles. The van der Waals surface area contributed by atoms with Crippen LogP contribution >= 0.6 is 0 Å². The molecule has 0 aliphatic heterocycles. The molecule has 1 aromatic heterocycles. The van der Waals surface area contributed by atoms with Crippen LogP contribution < -0.4 is 10.6 Å². The molecule has 0 unspecified atom stereocenters. The predicted molar refractivity (Wildman–Crippen MR) is 96.1 cm³/mol. The highest BCUT2D eigenvalue weighted by Gasteiger charge is 2.26. The van der Waals surface area contributed by atoms with Gasteiger partial charge >= 0.3 is 6.09 Å². The van der Waals surface area contributed by atoms with Gasteiger partial charge in [0.05, 0.1) is 12.2 Å². The fourth-order valence-electron chi connectivity index (χ4n) is 2.38. The Bertz CT molecular complexity index is 715. The summed E-state index contributed by atoms with van der Waals surface area (Å²) in [6, 6.07) is 10.4. The Morgan fingerprint density at radius 2 is 2.00 bits per heavy atom. The first-order valence-electron chi connectivity index (χ1n) is 8.66. The number of hydrogen-bond donors (Lipinski definition) is 2. The number of nitrogens with one attached hydrogen (secondary N) is 2. The van der Waals surface area contributed by atoms with Crippen LogP contribution in [0.25, 0.3) is 0 Å². The van der Waals surface area contributed by atoms with Crippen molar-refractivity contribution in [2.24, 2.45) is 5.92 Å². The molecule has 1 heterocycles. The van der Waals surface area contributed by atoms with Gasteiger partial charge in [0, 0.05) is 6.07 Å². The van der Waals surface area contributed by atoms with E-state index >= 15 is 0 Å². The smallest absolute Gasteiger partial charge is 0.408 e. The van der Waals surface area contributed by atoms with Crippen LogP contribution in [0.3, 0.4) is 0 Å². The zero-order valence-corrected chi connectivity index (χ0v) is 15.3. The van der Waals surface area contributed by atoms with E-state index in [4.69, 9.17) is 9.26 Å². The van der Waals surface area contributed by atoms with Crippen LogP contribution in [0.2, 0.25) is 0 Å². The van der Waals surface area contributed by atoms with E-state index in [0.717, 1.165) is 17.7 Å². The summed E-state index contributed by atoms with van der Waals surface area (Å²) in [5, 5.41) is 9.20. The SMILES string of the molecule is CC[C@H](C)[C@H](NC(=O)OCc1ccccc1)C(=O)NCc1cc(C)no1. The largest absolute Gasteiger partial charge is 0.445 e. The molecule has 0 spiro atoms.